The molecule has 2 aliphatic heterocycles. The molecular weight excluding hydrogens is 438 g/mol. The van der Waals surface area contributed by atoms with E-state index in [9.17, 15) is 4.79 Å². The molecule has 2 N–H and O–H groups in total. The number of nitrogens with one attached hydrogen (secondary N) is 2. The minimum absolute atomic E-state index is 0.0806. The summed E-state index contributed by atoms with van der Waals surface area (Å²) in [4.78, 5) is 28.1. The van der Waals surface area contributed by atoms with Crippen LogP contribution in [0.5, 0.6) is 5.75 Å². The minimum atomic E-state index is 0.0806. The number of anilines is 2. The van der Waals surface area contributed by atoms with Crippen LogP contribution in [0.25, 0.3) is 11.0 Å². The van der Waals surface area contributed by atoms with Crippen LogP contribution < -0.4 is 10.1 Å². The normalized spacial score (nSPS) is 21.3. The molecular formula is C28H29N5O2. The average Bonchev–Trinajstić information content (AvgIpc) is 3.47. The minimum Gasteiger partial charge on any atom is -0.497 e. The first-order chi connectivity index (χ1) is 17.2. The van der Waals surface area contributed by atoms with E-state index in [1.807, 2.05) is 48.8 Å². The molecule has 178 valence electrons. The maximum atomic E-state index is 13.8. The second kappa shape index (κ2) is 9.06. The molecule has 1 amide bonds. The van der Waals surface area contributed by atoms with E-state index in [1.54, 1.807) is 13.3 Å². The van der Waals surface area contributed by atoms with Crippen LogP contribution >= 0.6 is 0 Å². The fourth-order valence-electron chi connectivity index (χ4n) is 5.92. The summed E-state index contributed by atoms with van der Waals surface area (Å²) in [5.41, 5.74) is 3.79. The van der Waals surface area contributed by atoms with Gasteiger partial charge in [-0.3, -0.25) is 4.79 Å². The average molecular weight is 468 g/mol. The number of amides is 1. The maximum absolute atomic E-state index is 13.8. The SMILES string of the molecule is COc1ccc(Nc2ncccc2C(=O)N2[C@H]3CC[C@H]2CC(Cc2ccnc4[nH]ccc24)C3)cc1. The number of piperidine rings is 1. The van der Waals surface area contributed by atoms with Crippen molar-refractivity contribution < 1.29 is 9.53 Å². The summed E-state index contributed by atoms with van der Waals surface area (Å²) in [7, 11) is 1.65. The molecule has 5 heterocycles. The van der Waals surface area contributed by atoms with E-state index in [2.05, 4.69) is 37.3 Å². The zero-order valence-electron chi connectivity index (χ0n) is 19.8. The topological polar surface area (TPSA) is 83.1 Å². The third-order valence-corrected chi connectivity index (χ3v) is 7.52. The Kier molecular flexibility index (Phi) is 5.60. The molecule has 0 unspecified atom stereocenters. The lowest BCUT2D eigenvalue weighted by Gasteiger charge is -2.39. The van der Waals surface area contributed by atoms with Crippen molar-refractivity contribution in [2.45, 2.75) is 44.2 Å². The molecule has 1 aromatic carbocycles. The highest BCUT2D eigenvalue weighted by molar-refractivity contribution is 6.00. The van der Waals surface area contributed by atoms with Crippen molar-refractivity contribution in [1.82, 2.24) is 19.9 Å². The van der Waals surface area contributed by atoms with Crippen LogP contribution in [0.3, 0.4) is 0 Å². The highest BCUT2D eigenvalue weighted by Gasteiger charge is 2.43. The number of benzene rings is 1. The fraction of sp³-hybridized carbons (Fsp3) is 0.321. The van der Waals surface area contributed by atoms with E-state index in [-0.39, 0.29) is 18.0 Å². The Balaban J connectivity index is 1.19. The molecule has 2 atom stereocenters. The van der Waals surface area contributed by atoms with Gasteiger partial charge in [0.25, 0.3) is 5.91 Å². The summed E-state index contributed by atoms with van der Waals surface area (Å²) in [6.45, 7) is 0. The lowest BCUT2D eigenvalue weighted by molar-refractivity contribution is 0.0525. The first-order valence-electron chi connectivity index (χ1n) is 12.3. The first-order valence-corrected chi connectivity index (χ1v) is 12.3. The van der Waals surface area contributed by atoms with Crippen LogP contribution in [0, 0.1) is 5.92 Å². The predicted molar refractivity (Wildman–Crippen MR) is 136 cm³/mol. The number of carbonyl (C=O) groups excluding carboxylic acids is 1. The Bertz CT molecular complexity index is 1330. The van der Waals surface area contributed by atoms with Gasteiger partial charge in [-0.05, 0) is 92.1 Å². The van der Waals surface area contributed by atoms with Crippen molar-refractivity contribution in [3.63, 3.8) is 0 Å². The second-order valence-corrected chi connectivity index (χ2v) is 9.60. The van der Waals surface area contributed by atoms with Gasteiger partial charge >= 0.3 is 0 Å². The second-order valence-electron chi connectivity index (χ2n) is 9.60. The zero-order chi connectivity index (χ0) is 23.8. The van der Waals surface area contributed by atoms with Gasteiger partial charge in [0.2, 0.25) is 0 Å². The van der Waals surface area contributed by atoms with Crippen LogP contribution in [0.4, 0.5) is 11.5 Å². The van der Waals surface area contributed by atoms with Crippen molar-refractivity contribution in [2.75, 3.05) is 12.4 Å². The number of hydrogen-bond donors (Lipinski definition) is 2. The molecule has 2 bridgehead atoms. The summed E-state index contributed by atoms with van der Waals surface area (Å²) in [5, 5.41) is 4.54. The number of aromatic nitrogens is 3. The van der Waals surface area contributed by atoms with E-state index >= 15 is 0 Å². The summed E-state index contributed by atoms with van der Waals surface area (Å²) < 4.78 is 5.25. The van der Waals surface area contributed by atoms with Crippen LogP contribution in [0.2, 0.25) is 0 Å². The van der Waals surface area contributed by atoms with Crippen LogP contribution in [-0.2, 0) is 6.42 Å². The molecule has 7 nitrogen and oxygen atoms in total. The first kappa shape index (κ1) is 21.6. The number of carbonyl (C=O) groups is 1. The summed E-state index contributed by atoms with van der Waals surface area (Å²) in [6, 6.07) is 16.2. The molecule has 0 radical (unpaired) electrons. The fourth-order valence-corrected chi connectivity index (χ4v) is 5.92. The van der Waals surface area contributed by atoms with E-state index in [0.29, 0.717) is 17.3 Å². The van der Waals surface area contributed by atoms with Crippen LogP contribution in [0.1, 0.15) is 41.6 Å². The Morgan fingerprint density at radius 1 is 1.06 bits per heavy atom. The van der Waals surface area contributed by atoms with Gasteiger partial charge in [0.05, 0.1) is 12.7 Å². The van der Waals surface area contributed by atoms with E-state index in [0.717, 1.165) is 49.2 Å². The van der Waals surface area contributed by atoms with Gasteiger partial charge in [-0.15, -0.1) is 0 Å². The zero-order valence-corrected chi connectivity index (χ0v) is 19.8. The molecule has 35 heavy (non-hydrogen) atoms. The van der Waals surface area contributed by atoms with Gasteiger partial charge in [0.1, 0.15) is 17.2 Å². The van der Waals surface area contributed by atoms with Gasteiger partial charge < -0.3 is 19.9 Å². The van der Waals surface area contributed by atoms with Crippen molar-refractivity contribution in [3.05, 3.63) is 78.2 Å². The number of ether oxygens (including phenoxy) is 1. The van der Waals surface area contributed by atoms with Gasteiger partial charge in [0, 0.05) is 41.7 Å². The van der Waals surface area contributed by atoms with Gasteiger partial charge in [-0.2, -0.15) is 0 Å². The van der Waals surface area contributed by atoms with Crippen molar-refractivity contribution in [1.29, 1.82) is 0 Å². The monoisotopic (exact) mass is 467 g/mol. The van der Waals surface area contributed by atoms with Crippen molar-refractivity contribution in [3.8, 4) is 5.75 Å². The largest absolute Gasteiger partial charge is 0.497 e. The van der Waals surface area contributed by atoms with Crippen molar-refractivity contribution >= 4 is 28.4 Å². The Hall–Kier alpha value is -3.87. The number of H-pyrrole nitrogens is 1. The highest BCUT2D eigenvalue weighted by atomic mass is 16.5. The van der Waals surface area contributed by atoms with Gasteiger partial charge in [-0.25, -0.2) is 9.97 Å². The van der Waals surface area contributed by atoms with E-state index < -0.39 is 0 Å². The summed E-state index contributed by atoms with van der Waals surface area (Å²) >= 11 is 0. The summed E-state index contributed by atoms with van der Waals surface area (Å²) in [6.07, 6.45) is 10.8. The number of pyridine rings is 2. The van der Waals surface area contributed by atoms with E-state index in [1.165, 1.54) is 10.9 Å². The number of methoxy groups -OCH3 is 1. The molecule has 0 spiro atoms. The van der Waals surface area contributed by atoms with E-state index in [4.69, 9.17) is 4.74 Å². The number of hydrogen-bond acceptors (Lipinski definition) is 5. The molecule has 0 aliphatic carbocycles. The lowest BCUT2D eigenvalue weighted by atomic mass is 9.85. The number of nitrogens with zero attached hydrogens (tertiary/aromatic N) is 3. The summed E-state index contributed by atoms with van der Waals surface area (Å²) in [5.74, 6) is 2.03. The smallest absolute Gasteiger partial charge is 0.258 e. The number of fused-ring (bicyclic) bond motifs is 3. The van der Waals surface area contributed by atoms with Crippen LogP contribution in [0.15, 0.2) is 67.1 Å². The quantitative estimate of drug-likeness (QED) is 0.400. The maximum Gasteiger partial charge on any atom is 0.258 e. The molecule has 6 rings (SSSR count). The molecule has 2 saturated heterocycles. The molecule has 0 saturated carbocycles. The molecule has 4 aromatic rings. The van der Waals surface area contributed by atoms with Crippen molar-refractivity contribution in [2.24, 2.45) is 5.92 Å². The van der Waals surface area contributed by atoms with Crippen LogP contribution in [-0.4, -0.2) is 45.0 Å². The van der Waals surface area contributed by atoms with Gasteiger partial charge in [0.15, 0.2) is 0 Å². The van der Waals surface area contributed by atoms with Gasteiger partial charge in [-0.1, -0.05) is 0 Å². The Morgan fingerprint density at radius 3 is 2.63 bits per heavy atom. The lowest BCUT2D eigenvalue weighted by Crippen LogP contribution is -2.47. The Labute approximate surface area is 204 Å². The third-order valence-electron chi connectivity index (χ3n) is 7.52. The number of rotatable bonds is 6. The molecule has 2 fully saturated rings. The number of aromatic amines is 1. The standard InChI is InChI=1S/C28H29N5O2/c1-35-23-8-4-20(5-9-23)32-27-25(3-2-12-29-27)28(34)33-21-6-7-22(33)17-18(16-21)15-19-10-13-30-26-24(19)11-14-31-26/h2-5,8-14,18,21-22H,6-7,15-17H2,1H3,(H,29,32)(H,30,31)/t21-,22-/m0/s1. The Morgan fingerprint density at radius 2 is 1.86 bits per heavy atom. The molecule has 2 aliphatic rings. The third kappa shape index (κ3) is 4.11. The predicted octanol–water partition coefficient (Wildman–Crippen LogP) is 5.34. The molecule has 7 heteroatoms. The molecule has 3 aromatic heterocycles. The highest BCUT2D eigenvalue weighted by Crippen LogP contribution is 2.41.